The second kappa shape index (κ2) is 4.77. The van der Waals surface area contributed by atoms with Crippen molar-refractivity contribution in [2.24, 2.45) is 5.73 Å². The van der Waals surface area contributed by atoms with Crippen LogP contribution in [-0.4, -0.2) is 0 Å². The number of hydrogen-bond acceptors (Lipinski definition) is 2. The summed E-state index contributed by atoms with van der Waals surface area (Å²) in [5.74, 6) is -0.353. The molecule has 1 unspecified atom stereocenters. The van der Waals surface area contributed by atoms with Gasteiger partial charge in [0.2, 0.25) is 0 Å². The first-order chi connectivity index (χ1) is 7.99. The van der Waals surface area contributed by atoms with E-state index in [4.69, 9.17) is 17.3 Å². The van der Waals surface area contributed by atoms with Crippen LogP contribution in [0.2, 0.25) is 5.02 Å². The molecule has 0 saturated heterocycles. The Kier molecular flexibility index (Phi) is 3.52. The van der Waals surface area contributed by atoms with E-state index in [0.717, 1.165) is 4.88 Å². The molecule has 0 saturated carbocycles. The number of hydrogen-bond donors (Lipinski definition) is 1. The normalized spacial score (nSPS) is 12.8. The third-order valence-corrected chi connectivity index (χ3v) is 4.26. The van der Waals surface area contributed by atoms with E-state index >= 15 is 0 Å². The third-order valence-electron chi connectivity index (χ3n) is 2.79. The van der Waals surface area contributed by atoms with Crippen LogP contribution in [0.4, 0.5) is 4.39 Å². The minimum absolute atomic E-state index is 0.353. The summed E-state index contributed by atoms with van der Waals surface area (Å²) in [5.41, 5.74) is 7.75. The van der Waals surface area contributed by atoms with E-state index in [1.54, 1.807) is 23.5 Å². The highest BCUT2D eigenvalue weighted by Gasteiger charge is 2.16. The van der Waals surface area contributed by atoms with Crippen LogP contribution in [0.1, 0.15) is 26.9 Å². The van der Waals surface area contributed by atoms with Crippen molar-refractivity contribution >= 4 is 22.9 Å². The van der Waals surface area contributed by atoms with Gasteiger partial charge in [0, 0.05) is 20.3 Å². The Bertz CT molecular complexity index is 531. The smallest absolute Gasteiger partial charge is 0.129 e. The SMILES string of the molecule is Cc1cc(C(N)c2ccc(Cl)cc2F)sc1C. The summed E-state index contributed by atoms with van der Waals surface area (Å²) in [4.78, 5) is 2.19. The van der Waals surface area contributed by atoms with Gasteiger partial charge in [0.25, 0.3) is 0 Å². The van der Waals surface area contributed by atoms with Crippen molar-refractivity contribution in [1.82, 2.24) is 0 Å². The van der Waals surface area contributed by atoms with Crippen LogP contribution < -0.4 is 5.73 Å². The molecule has 2 rings (SSSR count). The van der Waals surface area contributed by atoms with E-state index in [-0.39, 0.29) is 5.82 Å². The van der Waals surface area contributed by atoms with E-state index < -0.39 is 6.04 Å². The zero-order valence-electron chi connectivity index (χ0n) is 9.63. The van der Waals surface area contributed by atoms with Gasteiger partial charge in [-0.1, -0.05) is 17.7 Å². The average molecular weight is 270 g/mol. The highest BCUT2D eigenvalue weighted by atomic mass is 35.5. The Labute approximate surface area is 109 Å². The molecular weight excluding hydrogens is 257 g/mol. The summed E-state index contributed by atoms with van der Waals surface area (Å²) in [6.45, 7) is 4.06. The van der Waals surface area contributed by atoms with Crippen LogP contribution in [0.25, 0.3) is 0 Å². The Balaban J connectivity index is 2.39. The molecule has 1 aromatic carbocycles. The Morgan fingerprint density at radius 2 is 2.00 bits per heavy atom. The number of thiophene rings is 1. The predicted octanol–water partition coefficient (Wildman–Crippen LogP) is 4.21. The molecule has 0 amide bonds. The van der Waals surface area contributed by atoms with E-state index in [0.29, 0.717) is 10.6 Å². The second-order valence-electron chi connectivity index (χ2n) is 4.03. The van der Waals surface area contributed by atoms with E-state index in [1.165, 1.54) is 16.5 Å². The van der Waals surface area contributed by atoms with Crippen molar-refractivity contribution in [1.29, 1.82) is 0 Å². The van der Waals surface area contributed by atoms with Gasteiger partial charge >= 0.3 is 0 Å². The van der Waals surface area contributed by atoms with Gasteiger partial charge < -0.3 is 5.73 Å². The number of rotatable bonds is 2. The van der Waals surface area contributed by atoms with Gasteiger partial charge in [-0.25, -0.2) is 4.39 Å². The van der Waals surface area contributed by atoms with Crippen LogP contribution in [0, 0.1) is 19.7 Å². The van der Waals surface area contributed by atoms with E-state index in [1.807, 2.05) is 19.9 Å². The maximum absolute atomic E-state index is 13.7. The predicted molar refractivity (Wildman–Crippen MR) is 71.2 cm³/mol. The minimum Gasteiger partial charge on any atom is -0.320 e. The summed E-state index contributed by atoms with van der Waals surface area (Å²) in [6.07, 6.45) is 0. The maximum Gasteiger partial charge on any atom is 0.129 e. The summed E-state index contributed by atoms with van der Waals surface area (Å²) < 4.78 is 13.7. The fourth-order valence-corrected chi connectivity index (χ4v) is 2.88. The van der Waals surface area contributed by atoms with E-state index in [9.17, 15) is 4.39 Å². The fraction of sp³-hybridized carbons (Fsp3) is 0.231. The molecule has 2 aromatic rings. The minimum atomic E-state index is -0.426. The molecule has 1 heterocycles. The molecule has 0 bridgehead atoms. The van der Waals surface area contributed by atoms with Crippen LogP contribution in [0.3, 0.4) is 0 Å². The van der Waals surface area contributed by atoms with E-state index in [2.05, 4.69) is 0 Å². The summed E-state index contributed by atoms with van der Waals surface area (Å²) in [5, 5.41) is 0.386. The summed E-state index contributed by atoms with van der Waals surface area (Å²) >= 11 is 7.32. The molecule has 0 radical (unpaired) electrons. The molecule has 0 aliphatic carbocycles. The molecule has 0 aliphatic heterocycles. The molecule has 2 N–H and O–H groups in total. The number of benzene rings is 1. The molecular formula is C13H13ClFNS. The Morgan fingerprint density at radius 3 is 2.53 bits per heavy atom. The highest BCUT2D eigenvalue weighted by molar-refractivity contribution is 7.12. The zero-order valence-corrected chi connectivity index (χ0v) is 11.2. The quantitative estimate of drug-likeness (QED) is 0.869. The molecule has 1 atom stereocenters. The largest absolute Gasteiger partial charge is 0.320 e. The van der Waals surface area contributed by atoms with Crippen LogP contribution in [0.15, 0.2) is 24.3 Å². The second-order valence-corrected chi connectivity index (χ2v) is 5.76. The van der Waals surface area contributed by atoms with Gasteiger partial charge in [0.05, 0.1) is 6.04 Å². The van der Waals surface area contributed by atoms with Gasteiger partial charge in [0.15, 0.2) is 0 Å². The molecule has 1 nitrogen and oxygen atoms in total. The zero-order chi connectivity index (χ0) is 12.6. The average Bonchev–Trinajstić information content (AvgIpc) is 2.58. The van der Waals surface area contributed by atoms with Crippen molar-refractivity contribution in [3.63, 3.8) is 0 Å². The van der Waals surface area contributed by atoms with Gasteiger partial charge in [-0.2, -0.15) is 0 Å². The first kappa shape index (κ1) is 12.6. The van der Waals surface area contributed by atoms with Gasteiger partial charge in [-0.05, 0) is 37.6 Å². The molecule has 17 heavy (non-hydrogen) atoms. The summed E-state index contributed by atoms with van der Waals surface area (Å²) in [6, 6.07) is 6.19. The standard InChI is InChI=1S/C13H13ClFNS/c1-7-5-12(17-8(7)2)13(16)10-4-3-9(14)6-11(10)15/h3-6,13H,16H2,1-2H3. The van der Waals surface area contributed by atoms with Crippen LogP contribution >= 0.6 is 22.9 Å². The topological polar surface area (TPSA) is 26.0 Å². The first-order valence-electron chi connectivity index (χ1n) is 5.26. The molecule has 0 spiro atoms. The Hall–Kier alpha value is -0.900. The monoisotopic (exact) mass is 269 g/mol. The number of halogens is 2. The first-order valence-corrected chi connectivity index (χ1v) is 6.46. The molecule has 0 aliphatic rings. The van der Waals surface area contributed by atoms with Gasteiger partial charge in [0.1, 0.15) is 5.82 Å². The fourth-order valence-electron chi connectivity index (χ4n) is 1.66. The number of aryl methyl sites for hydroxylation is 2. The lowest BCUT2D eigenvalue weighted by Gasteiger charge is -2.11. The Morgan fingerprint density at radius 1 is 1.29 bits per heavy atom. The number of nitrogens with two attached hydrogens (primary N) is 1. The van der Waals surface area contributed by atoms with Crippen molar-refractivity contribution in [3.05, 3.63) is 56.0 Å². The lowest BCUT2D eigenvalue weighted by molar-refractivity contribution is 0.601. The molecule has 0 fully saturated rings. The van der Waals surface area contributed by atoms with Crippen LogP contribution in [0.5, 0.6) is 0 Å². The van der Waals surface area contributed by atoms with Crippen molar-refractivity contribution in [3.8, 4) is 0 Å². The third kappa shape index (κ3) is 2.51. The lowest BCUT2D eigenvalue weighted by Crippen LogP contribution is -2.12. The lowest BCUT2D eigenvalue weighted by atomic mass is 10.1. The van der Waals surface area contributed by atoms with Crippen LogP contribution in [-0.2, 0) is 0 Å². The van der Waals surface area contributed by atoms with Gasteiger partial charge in [-0.15, -0.1) is 11.3 Å². The maximum atomic E-state index is 13.7. The van der Waals surface area contributed by atoms with Crippen molar-refractivity contribution in [2.75, 3.05) is 0 Å². The molecule has 4 heteroatoms. The highest BCUT2D eigenvalue weighted by Crippen LogP contribution is 2.31. The van der Waals surface area contributed by atoms with Crippen molar-refractivity contribution < 1.29 is 4.39 Å². The molecule has 1 aromatic heterocycles. The summed E-state index contributed by atoms with van der Waals surface area (Å²) in [7, 11) is 0. The van der Waals surface area contributed by atoms with Gasteiger partial charge in [-0.3, -0.25) is 0 Å². The molecule has 90 valence electrons. The van der Waals surface area contributed by atoms with Crippen molar-refractivity contribution in [2.45, 2.75) is 19.9 Å².